The van der Waals surface area contributed by atoms with E-state index < -0.39 is 47.4 Å². The van der Waals surface area contributed by atoms with Gasteiger partial charge < -0.3 is 20.7 Å². The fraction of sp³-hybridized carbons (Fsp3) is 0.316. The van der Waals surface area contributed by atoms with Gasteiger partial charge in [0, 0.05) is 23.6 Å². The Kier molecular flexibility index (Phi) is 3.81. The van der Waals surface area contributed by atoms with Crippen LogP contribution in [0.2, 0.25) is 0 Å². The van der Waals surface area contributed by atoms with Crippen molar-refractivity contribution >= 4 is 34.5 Å². The molecule has 0 spiro atoms. The highest BCUT2D eigenvalue weighted by molar-refractivity contribution is 6.00. The number of hydrogen-bond acceptors (Lipinski definition) is 5. The van der Waals surface area contributed by atoms with Crippen molar-refractivity contribution in [2.45, 2.75) is 18.1 Å². The number of carbonyl (C=O) groups is 3. The molecule has 2 aromatic carbocycles. The zero-order valence-electron chi connectivity index (χ0n) is 14.2. The first-order valence-corrected chi connectivity index (χ1v) is 8.53. The Balaban J connectivity index is 1.51. The summed E-state index contributed by atoms with van der Waals surface area (Å²) in [5, 5.41) is 23.1. The molecule has 140 valence electrons. The topological polar surface area (TPSA) is 139 Å². The Morgan fingerprint density at radius 3 is 2.52 bits per heavy atom. The minimum absolute atomic E-state index is 0.107. The summed E-state index contributed by atoms with van der Waals surface area (Å²) in [7, 11) is 0. The number of rotatable bonds is 4. The summed E-state index contributed by atoms with van der Waals surface area (Å²) < 4.78 is 5.39. The molecule has 8 heteroatoms. The molecule has 5 atom stereocenters. The van der Waals surface area contributed by atoms with Gasteiger partial charge in [-0.05, 0) is 11.5 Å². The predicted octanol–water partition coefficient (Wildman–Crippen LogP) is 1.89. The first-order chi connectivity index (χ1) is 12.8. The fourth-order valence-electron chi connectivity index (χ4n) is 4.35. The first kappa shape index (κ1) is 17.3. The molecule has 1 amide bonds. The second-order valence-corrected chi connectivity index (χ2v) is 7.11. The van der Waals surface area contributed by atoms with Crippen molar-refractivity contribution in [1.82, 2.24) is 0 Å². The van der Waals surface area contributed by atoms with E-state index in [1.807, 2.05) is 30.3 Å². The van der Waals surface area contributed by atoms with Crippen molar-refractivity contribution in [3.05, 3.63) is 42.5 Å². The maximum absolute atomic E-state index is 12.4. The number of amides is 1. The number of nitrogens with one attached hydrogen (secondary N) is 1. The van der Waals surface area contributed by atoms with Crippen molar-refractivity contribution in [1.29, 1.82) is 0 Å². The van der Waals surface area contributed by atoms with Crippen LogP contribution in [0.3, 0.4) is 0 Å². The molecule has 0 bridgehead atoms. The summed E-state index contributed by atoms with van der Waals surface area (Å²) in [5.74, 6) is -4.62. The lowest BCUT2D eigenvalue weighted by atomic mass is 9.91. The number of carboxylic acids is 2. The van der Waals surface area contributed by atoms with Crippen molar-refractivity contribution in [2.75, 3.05) is 5.32 Å². The molecule has 0 radical (unpaired) electrons. The number of carboxylic acid groups (broad SMARTS) is 2. The molecular formula is C19H18N2O6. The maximum atomic E-state index is 12.4. The average molecular weight is 370 g/mol. The third-order valence-corrected chi connectivity index (χ3v) is 5.61. The molecule has 2 fully saturated rings. The number of fused-ring (bicyclic) bond motifs is 2. The Morgan fingerprint density at radius 1 is 1.11 bits per heavy atom. The van der Waals surface area contributed by atoms with E-state index in [4.69, 9.17) is 10.5 Å². The van der Waals surface area contributed by atoms with Gasteiger partial charge in [-0.25, -0.2) is 4.79 Å². The van der Waals surface area contributed by atoms with Crippen LogP contribution in [0.15, 0.2) is 42.5 Å². The molecule has 2 aliphatic carbocycles. The smallest absolute Gasteiger partial charge is 0.411 e. The number of anilines is 1. The monoisotopic (exact) mass is 370 g/mol. The third kappa shape index (κ3) is 2.69. The lowest BCUT2D eigenvalue weighted by Crippen LogP contribution is -2.51. The van der Waals surface area contributed by atoms with Crippen LogP contribution in [0, 0.1) is 17.8 Å². The van der Waals surface area contributed by atoms with Crippen LogP contribution in [-0.4, -0.2) is 39.9 Å². The Labute approximate surface area is 153 Å². The molecule has 2 aromatic rings. The molecule has 27 heavy (non-hydrogen) atoms. The van der Waals surface area contributed by atoms with Crippen LogP contribution in [0.1, 0.15) is 6.42 Å². The summed E-state index contributed by atoms with van der Waals surface area (Å²) in [5.41, 5.74) is 4.79. The maximum Gasteiger partial charge on any atom is 0.411 e. The molecule has 4 unspecified atom stereocenters. The van der Waals surface area contributed by atoms with E-state index in [2.05, 4.69) is 5.32 Å². The van der Waals surface area contributed by atoms with Crippen LogP contribution in [0.4, 0.5) is 10.5 Å². The molecule has 0 heterocycles. The molecule has 4 rings (SSSR count). The number of benzene rings is 2. The van der Waals surface area contributed by atoms with E-state index in [0.717, 1.165) is 10.8 Å². The molecule has 8 nitrogen and oxygen atoms in total. The van der Waals surface area contributed by atoms with Gasteiger partial charge >= 0.3 is 18.0 Å². The number of nitrogens with two attached hydrogens (primary N) is 1. The van der Waals surface area contributed by atoms with E-state index in [-0.39, 0.29) is 6.42 Å². The SMILES string of the molecule is NC1(C(=O)O)CC(OC(=O)Nc2cccc3ccccc23)C2C1[C@H]2C(=O)O. The second-order valence-electron chi connectivity index (χ2n) is 7.11. The number of ether oxygens (including phenoxy) is 1. The zero-order chi connectivity index (χ0) is 19.3. The van der Waals surface area contributed by atoms with E-state index in [9.17, 15) is 24.6 Å². The van der Waals surface area contributed by atoms with Gasteiger partial charge in [0.2, 0.25) is 0 Å². The highest BCUT2D eigenvalue weighted by atomic mass is 16.6. The Morgan fingerprint density at radius 2 is 1.81 bits per heavy atom. The van der Waals surface area contributed by atoms with Gasteiger partial charge in [-0.2, -0.15) is 0 Å². The van der Waals surface area contributed by atoms with Crippen LogP contribution in [0.25, 0.3) is 10.8 Å². The second kappa shape index (κ2) is 5.95. The number of aliphatic carboxylic acids is 2. The van der Waals surface area contributed by atoms with E-state index in [1.165, 1.54) is 0 Å². The summed E-state index contributed by atoms with van der Waals surface area (Å²) in [4.78, 5) is 35.2. The van der Waals surface area contributed by atoms with Crippen molar-refractivity contribution in [3.63, 3.8) is 0 Å². The lowest BCUT2D eigenvalue weighted by molar-refractivity contribution is -0.146. The van der Waals surface area contributed by atoms with Crippen LogP contribution in [-0.2, 0) is 14.3 Å². The van der Waals surface area contributed by atoms with Crippen LogP contribution < -0.4 is 11.1 Å². The lowest BCUT2D eigenvalue weighted by Gasteiger charge is -2.24. The number of hydrogen-bond donors (Lipinski definition) is 4. The molecule has 0 aromatic heterocycles. The van der Waals surface area contributed by atoms with E-state index >= 15 is 0 Å². The Hall–Kier alpha value is -3.13. The third-order valence-electron chi connectivity index (χ3n) is 5.61. The summed E-state index contributed by atoms with van der Waals surface area (Å²) in [6, 6.07) is 12.9. The highest BCUT2D eigenvalue weighted by Crippen LogP contribution is 2.62. The number of carbonyl (C=O) groups excluding carboxylic acids is 1. The molecule has 0 aliphatic heterocycles. The molecule has 5 N–H and O–H groups in total. The van der Waals surface area contributed by atoms with Gasteiger partial charge in [0.1, 0.15) is 11.6 Å². The molecule has 2 saturated carbocycles. The van der Waals surface area contributed by atoms with Gasteiger partial charge in [-0.15, -0.1) is 0 Å². The normalized spacial score (nSPS) is 31.1. The molecule has 2 aliphatic rings. The minimum Gasteiger partial charge on any atom is -0.481 e. The van der Waals surface area contributed by atoms with Crippen LogP contribution in [0.5, 0.6) is 0 Å². The highest BCUT2D eigenvalue weighted by Gasteiger charge is 2.75. The predicted molar refractivity (Wildman–Crippen MR) is 95.1 cm³/mol. The average Bonchev–Trinajstić information content (AvgIpc) is 3.31. The zero-order valence-corrected chi connectivity index (χ0v) is 14.2. The van der Waals surface area contributed by atoms with Crippen LogP contribution >= 0.6 is 0 Å². The van der Waals surface area contributed by atoms with Gasteiger partial charge in [0.25, 0.3) is 0 Å². The van der Waals surface area contributed by atoms with Gasteiger partial charge in [-0.1, -0.05) is 36.4 Å². The van der Waals surface area contributed by atoms with Gasteiger partial charge in [0.05, 0.1) is 11.6 Å². The van der Waals surface area contributed by atoms with E-state index in [0.29, 0.717) is 5.69 Å². The summed E-state index contributed by atoms with van der Waals surface area (Å²) >= 11 is 0. The molecular weight excluding hydrogens is 352 g/mol. The van der Waals surface area contributed by atoms with Crippen molar-refractivity contribution < 1.29 is 29.3 Å². The first-order valence-electron chi connectivity index (χ1n) is 8.53. The van der Waals surface area contributed by atoms with E-state index in [1.54, 1.807) is 12.1 Å². The summed E-state index contributed by atoms with van der Waals surface area (Å²) in [6.45, 7) is 0. The Bertz CT molecular complexity index is 955. The minimum atomic E-state index is -1.70. The van der Waals surface area contributed by atoms with Crippen molar-refractivity contribution in [2.24, 2.45) is 23.5 Å². The largest absolute Gasteiger partial charge is 0.481 e. The van der Waals surface area contributed by atoms with Crippen molar-refractivity contribution in [3.8, 4) is 0 Å². The molecule has 0 saturated heterocycles. The fourth-order valence-corrected chi connectivity index (χ4v) is 4.35. The van der Waals surface area contributed by atoms with Gasteiger partial charge in [0.15, 0.2) is 0 Å². The summed E-state index contributed by atoms with van der Waals surface area (Å²) in [6.07, 6.45) is -1.72. The standard InChI is InChI=1S/C19H18N2O6/c20-19(17(24)25)8-12(13-14(15(13)19)16(22)23)27-18(26)21-11-7-3-5-9-4-1-2-6-10(9)11/h1-7,12-15H,8,20H2,(H,21,26)(H,22,23)(H,24,25)/t12?,13?,14-,15?,19?/m0/s1. The quantitative estimate of drug-likeness (QED) is 0.644. The van der Waals surface area contributed by atoms with Gasteiger partial charge in [-0.3, -0.25) is 14.9 Å².